The molecule has 20 heavy (non-hydrogen) atoms. The zero-order valence-electron chi connectivity index (χ0n) is 12.8. The van der Waals surface area contributed by atoms with Gasteiger partial charge >= 0.3 is 0 Å². The Hall–Kier alpha value is -0.860. The van der Waals surface area contributed by atoms with E-state index < -0.39 is 0 Å². The highest BCUT2D eigenvalue weighted by Gasteiger charge is 2.44. The molecule has 2 heteroatoms. The van der Waals surface area contributed by atoms with E-state index in [1.165, 1.54) is 49.8 Å². The molecule has 1 aliphatic heterocycles. The van der Waals surface area contributed by atoms with E-state index in [-0.39, 0.29) is 0 Å². The minimum absolute atomic E-state index is 0.458. The third kappa shape index (κ3) is 2.64. The SMILES string of the molecule is COC1CCCC2(CCNCC2c2ccc(C)cc2)C1. The lowest BCUT2D eigenvalue weighted by atomic mass is 9.60. The average molecular weight is 273 g/mol. The second-order valence-electron chi connectivity index (χ2n) is 6.73. The fourth-order valence-electron chi connectivity index (χ4n) is 4.33. The molecule has 1 aromatic rings. The largest absolute Gasteiger partial charge is 0.381 e. The lowest BCUT2D eigenvalue weighted by Gasteiger charge is -2.49. The van der Waals surface area contributed by atoms with Crippen LogP contribution in [0.2, 0.25) is 0 Å². The molecule has 2 fully saturated rings. The summed E-state index contributed by atoms with van der Waals surface area (Å²) in [6.07, 6.45) is 6.94. The Balaban J connectivity index is 1.88. The van der Waals surface area contributed by atoms with Gasteiger partial charge in [-0.3, -0.25) is 0 Å². The van der Waals surface area contributed by atoms with Crippen molar-refractivity contribution in [3.63, 3.8) is 0 Å². The number of methoxy groups -OCH3 is 1. The Morgan fingerprint density at radius 1 is 1.20 bits per heavy atom. The van der Waals surface area contributed by atoms with Gasteiger partial charge in [-0.2, -0.15) is 0 Å². The summed E-state index contributed by atoms with van der Waals surface area (Å²) in [5, 5.41) is 3.61. The van der Waals surface area contributed by atoms with Gasteiger partial charge in [-0.25, -0.2) is 0 Å². The molecular formula is C18H27NO. The molecule has 2 nitrogen and oxygen atoms in total. The van der Waals surface area contributed by atoms with Crippen LogP contribution in [0.25, 0.3) is 0 Å². The first kappa shape index (κ1) is 14.1. The van der Waals surface area contributed by atoms with E-state index in [0.717, 1.165) is 6.54 Å². The van der Waals surface area contributed by atoms with E-state index in [1.54, 1.807) is 0 Å². The van der Waals surface area contributed by atoms with Gasteiger partial charge in [-0.15, -0.1) is 0 Å². The Bertz CT molecular complexity index is 437. The van der Waals surface area contributed by atoms with E-state index in [4.69, 9.17) is 4.74 Å². The Morgan fingerprint density at radius 2 is 2.00 bits per heavy atom. The molecule has 1 aliphatic carbocycles. The summed E-state index contributed by atoms with van der Waals surface area (Å²) in [6, 6.07) is 9.19. The maximum Gasteiger partial charge on any atom is 0.0576 e. The second-order valence-corrected chi connectivity index (χ2v) is 6.73. The van der Waals surface area contributed by atoms with Crippen molar-refractivity contribution in [2.75, 3.05) is 20.2 Å². The molecule has 0 bridgehead atoms. The number of ether oxygens (including phenoxy) is 1. The van der Waals surface area contributed by atoms with Crippen LogP contribution < -0.4 is 5.32 Å². The van der Waals surface area contributed by atoms with Crippen molar-refractivity contribution in [3.8, 4) is 0 Å². The summed E-state index contributed by atoms with van der Waals surface area (Å²) in [6.45, 7) is 4.46. The Labute approximate surface area is 122 Å². The average Bonchev–Trinajstić information content (AvgIpc) is 2.49. The van der Waals surface area contributed by atoms with Gasteiger partial charge < -0.3 is 10.1 Å². The van der Waals surface area contributed by atoms with Crippen LogP contribution in [0, 0.1) is 12.3 Å². The lowest BCUT2D eigenvalue weighted by Crippen LogP contribution is -2.47. The first-order chi connectivity index (χ1) is 9.73. The predicted molar refractivity (Wildman–Crippen MR) is 83.1 cm³/mol. The summed E-state index contributed by atoms with van der Waals surface area (Å²) >= 11 is 0. The highest BCUT2D eigenvalue weighted by molar-refractivity contribution is 5.28. The van der Waals surface area contributed by atoms with E-state index in [0.29, 0.717) is 17.4 Å². The summed E-state index contributed by atoms with van der Waals surface area (Å²) in [5.41, 5.74) is 3.32. The molecule has 1 spiro atoms. The highest BCUT2D eigenvalue weighted by atomic mass is 16.5. The molecular weight excluding hydrogens is 246 g/mol. The van der Waals surface area contributed by atoms with Crippen LogP contribution in [0.3, 0.4) is 0 Å². The first-order valence-corrected chi connectivity index (χ1v) is 8.04. The number of hydrogen-bond acceptors (Lipinski definition) is 2. The maximum absolute atomic E-state index is 5.70. The van der Waals surface area contributed by atoms with Crippen LogP contribution in [0.4, 0.5) is 0 Å². The van der Waals surface area contributed by atoms with Crippen LogP contribution in [-0.2, 0) is 4.74 Å². The molecule has 0 aromatic heterocycles. The quantitative estimate of drug-likeness (QED) is 0.888. The molecule has 1 N–H and O–H groups in total. The van der Waals surface area contributed by atoms with Crippen LogP contribution >= 0.6 is 0 Å². The minimum Gasteiger partial charge on any atom is -0.381 e. The van der Waals surface area contributed by atoms with Crippen molar-refractivity contribution in [1.29, 1.82) is 0 Å². The van der Waals surface area contributed by atoms with Crippen molar-refractivity contribution in [2.24, 2.45) is 5.41 Å². The highest BCUT2D eigenvalue weighted by Crippen LogP contribution is 2.51. The van der Waals surface area contributed by atoms with Crippen molar-refractivity contribution in [2.45, 2.75) is 51.0 Å². The molecule has 1 saturated heterocycles. The van der Waals surface area contributed by atoms with Gasteiger partial charge in [-0.1, -0.05) is 36.2 Å². The molecule has 3 rings (SSSR count). The summed E-state index contributed by atoms with van der Waals surface area (Å²) < 4.78 is 5.70. The fourth-order valence-corrected chi connectivity index (χ4v) is 4.33. The van der Waals surface area contributed by atoms with E-state index >= 15 is 0 Å². The standard InChI is InChI=1S/C18H27NO/c1-14-5-7-15(8-6-14)17-13-19-11-10-18(17)9-3-4-16(12-18)20-2/h5-8,16-17,19H,3-4,9-13H2,1-2H3. The van der Waals surface area contributed by atoms with Gasteiger partial charge in [-0.05, 0) is 50.1 Å². The number of hydrogen-bond donors (Lipinski definition) is 1. The number of nitrogens with one attached hydrogen (secondary N) is 1. The van der Waals surface area contributed by atoms with Crippen LogP contribution in [0.1, 0.15) is 49.1 Å². The van der Waals surface area contributed by atoms with E-state index in [2.05, 4.69) is 36.5 Å². The number of benzene rings is 1. The van der Waals surface area contributed by atoms with Gasteiger partial charge in [0.2, 0.25) is 0 Å². The fraction of sp³-hybridized carbons (Fsp3) is 0.667. The number of aryl methyl sites for hydroxylation is 1. The number of rotatable bonds is 2. The van der Waals surface area contributed by atoms with Crippen molar-refractivity contribution >= 4 is 0 Å². The van der Waals surface area contributed by atoms with E-state index in [1.807, 2.05) is 7.11 Å². The molecule has 3 atom stereocenters. The summed E-state index contributed by atoms with van der Waals surface area (Å²) in [7, 11) is 1.88. The van der Waals surface area contributed by atoms with Gasteiger partial charge in [0.1, 0.15) is 0 Å². The molecule has 110 valence electrons. The Morgan fingerprint density at radius 3 is 2.75 bits per heavy atom. The van der Waals surface area contributed by atoms with Crippen LogP contribution in [0.15, 0.2) is 24.3 Å². The molecule has 1 saturated carbocycles. The monoisotopic (exact) mass is 273 g/mol. The molecule has 2 aliphatic rings. The summed E-state index contributed by atoms with van der Waals surface area (Å²) in [5.74, 6) is 0.648. The lowest BCUT2D eigenvalue weighted by molar-refractivity contribution is -0.0122. The van der Waals surface area contributed by atoms with Crippen molar-refractivity contribution < 1.29 is 4.74 Å². The van der Waals surface area contributed by atoms with Crippen molar-refractivity contribution in [1.82, 2.24) is 5.32 Å². The Kier molecular flexibility index (Phi) is 4.13. The molecule has 0 radical (unpaired) electrons. The van der Waals surface area contributed by atoms with Gasteiger partial charge in [0.25, 0.3) is 0 Å². The summed E-state index contributed by atoms with van der Waals surface area (Å²) in [4.78, 5) is 0. The van der Waals surface area contributed by atoms with Crippen LogP contribution in [0.5, 0.6) is 0 Å². The zero-order chi connectivity index (χ0) is 14.0. The molecule has 3 unspecified atom stereocenters. The third-order valence-corrected chi connectivity index (χ3v) is 5.54. The van der Waals surface area contributed by atoms with E-state index in [9.17, 15) is 0 Å². The van der Waals surface area contributed by atoms with Crippen molar-refractivity contribution in [3.05, 3.63) is 35.4 Å². The number of piperidine rings is 1. The topological polar surface area (TPSA) is 21.3 Å². The normalized spacial score (nSPS) is 34.3. The maximum atomic E-state index is 5.70. The smallest absolute Gasteiger partial charge is 0.0576 e. The van der Waals surface area contributed by atoms with Crippen LogP contribution in [-0.4, -0.2) is 26.3 Å². The minimum atomic E-state index is 0.458. The zero-order valence-corrected chi connectivity index (χ0v) is 12.8. The molecule has 1 heterocycles. The molecule has 0 amide bonds. The predicted octanol–water partition coefficient (Wildman–Crippen LogP) is 3.65. The molecule has 1 aromatic carbocycles. The first-order valence-electron chi connectivity index (χ1n) is 8.04. The second kappa shape index (κ2) is 5.87. The van der Waals surface area contributed by atoms with Gasteiger partial charge in [0.05, 0.1) is 6.10 Å². The van der Waals surface area contributed by atoms with Gasteiger partial charge in [0, 0.05) is 19.6 Å². The third-order valence-electron chi connectivity index (χ3n) is 5.54. The van der Waals surface area contributed by atoms with Gasteiger partial charge in [0.15, 0.2) is 0 Å².